The van der Waals surface area contributed by atoms with E-state index in [1.807, 2.05) is 0 Å². The summed E-state index contributed by atoms with van der Waals surface area (Å²) < 4.78 is 0. The fraction of sp³-hybridized carbons (Fsp3) is 0.400. The van der Waals surface area contributed by atoms with Gasteiger partial charge in [-0.2, -0.15) is 0 Å². The van der Waals surface area contributed by atoms with E-state index < -0.39 is 0 Å². The van der Waals surface area contributed by atoms with Gasteiger partial charge in [-0.3, -0.25) is 0 Å². The Balaban J connectivity index is 1.19. The lowest BCUT2D eigenvalue weighted by atomic mass is 9.68. The van der Waals surface area contributed by atoms with Gasteiger partial charge >= 0.3 is 0 Å². The molecule has 2 unspecified atom stereocenters. The van der Waals surface area contributed by atoms with Gasteiger partial charge in [0.1, 0.15) is 0 Å². The summed E-state index contributed by atoms with van der Waals surface area (Å²) in [4.78, 5) is 0. The largest absolute Gasteiger partial charge is 0.249 e. The smallest absolute Gasteiger partial charge is 0.0603 e. The molecule has 214 valence electrons. The van der Waals surface area contributed by atoms with Gasteiger partial charge in [0.25, 0.3) is 0 Å². The van der Waals surface area contributed by atoms with E-state index in [0.717, 1.165) is 12.8 Å². The summed E-state index contributed by atoms with van der Waals surface area (Å²) >= 11 is 0. The molecule has 42 heavy (non-hydrogen) atoms. The van der Waals surface area contributed by atoms with Crippen LogP contribution in [0.5, 0.6) is 0 Å². The summed E-state index contributed by atoms with van der Waals surface area (Å²) in [5.74, 6) is 0.644. The SMILES string of the molecule is c1ccc2c(c1)Cc1c-2cccc1C1CCCCC(c2cccc3c2Cc2ccccc2-3)(C2CCCCCCC2)NN1. The lowest BCUT2D eigenvalue weighted by Crippen LogP contribution is -2.56. The topological polar surface area (TPSA) is 24.1 Å². The van der Waals surface area contributed by atoms with Crippen molar-refractivity contribution in [2.75, 3.05) is 0 Å². The molecule has 4 aliphatic rings. The predicted molar refractivity (Wildman–Crippen MR) is 174 cm³/mol. The van der Waals surface area contributed by atoms with Gasteiger partial charge < -0.3 is 0 Å². The third-order valence-electron chi connectivity index (χ3n) is 11.2. The number of hydrazine groups is 1. The minimum atomic E-state index is -0.0513. The first-order valence-electron chi connectivity index (χ1n) is 16.8. The minimum absolute atomic E-state index is 0.0513. The predicted octanol–water partition coefficient (Wildman–Crippen LogP) is 9.79. The Kier molecular flexibility index (Phi) is 7.01. The summed E-state index contributed by atoms with van der Waals surface area (Å²) in [7, 11) is 0. The number of hydrogen-bond acceptors (Lipinski definition) is 2. The van der Waals surface area contributed by atoms with Gasteiger partial charge in [0.05, 0.1) is 5.54 Å². The maximum Gasteiger partial charge on any atom is 0.0603 e. The van der Waals surface area contributed by atoms with Gasteiger partial charge in [0.2, 0.25) is 0 Å². The fourth-order valence-electron chi connectivity index (χ4n) is 9.10. The normalized spacial score (nSPS) is 24.0. The fourth-order valence-corrected chi connectivity index (χ4v) is 9.10. The Morgan fingerprint density at radius 3 is 1.88 bits per heavy atom. The Morgan fingerprint density at radius 2 is 1.12 bits per heavy atom. The van der Waals surface area contributed by atoms with Gasteiger partial charge in [0.15, 0.2) is 0 Å². The summed E-state index contributed by atoms with van der Waals surface area (Å²) in [6.07, 6.45) is 16.6. The average Bonchev–Trinajstić information content (AvgIpc) is 3.57. The van der Waals surface area contributed by atoms with Crippen LogP contribution in [0.2, 0.25) is 0 Å². The van der Waals surface area contributed by atoms with Crippen molar-refractivity contribution in [2.24, 2.45) is 5.92 Å². The minimum Gasteiger partial charge on any atom is -0.249 e. The lowest BCUT2D eigenvalue weighted by Gasteiger charge is -2.46. The molecular formula is C40H44N2. The highest BCUT2D eigenvalue weighted by Crippen LogP contribution is 2.49. The Morgan fingerprint density at radius 1 is 0.524 bits per heavy atom. The number of benzene rings is 4. The third kappa shape index (κ3) is 4.46. The zero-order valence-electron chi connectivity index (χ0n) is 24.9. The van der Waals surface area contributed by atoms with E-state index in [0.29, 0.717) is 12.0 Å². The molecule has 2 atom stereocenters. The van der Waals surface area contributed by atoms with Crippen molar-refractivity contribution in [3.8, 4) is 22.3 Å². The average molecular weight is 553 g/mol. The van der Waals surface area contributed by atoms with Gasteiger partial charge in [0, 0.05) is 6.04 Å². The molecule has 1 aliphatic heterocycles. The first-order valence-corrected chi connectivity index (χ1v) is 16.8. The van der Waals surface area contributed by atoms with Crippen molar-refractivity contribution >= 4 is 0 Å². The zero-order valence-corrected chi connectivity index (χ0v) is 24.9. The molecule has 2 fully saturated rings. The first kappa shape index (κ1) is 26.4. The van der Waals surface area contributed by atoms with Crippen molar-refractivity contribution in [2.45, 2.75) is 95.1 Å². The van der Waals surface area contributed by atoms with Crippen LogP contribution in [-0.4, -0.2) is 0 Å². The second-order valence-corrected chi connectivity index (χ2v) is 13.5. The first-order chi connectivity index (χ1) is 20.8. The van der Waals surface area contributed by atoms with E-state index in [9.17, 15) is 0 Å². The van der Waals surface area contributed by atoms with E-state index >= 15 is 0 Å². The van der Waals surface area contributed by atoms with Crippen LogP contribution in [0.1, 0.15) is 110 Å². The number of fused-ring (bicyclic) bond motifs is 6. The van der Waals surface area contributed by atoms with Gasteiger partial charge in [-0.05, 0) is 100 Å². The zero-order chi connectivity index (χ0) is 27.9. The van der Waals surface area contributed by atoms with Crippen molar-refractivity contribution in [1.29, 1.82) is 0 Å². The Labute approximate surface area is 251 Å². The van der Waals surface area contributed by atoms with Gasteiger partial charge in [-0.1, -0.05) is 130 Å². The van der Waals surface area contributed by atoms with Crippen LogP contribution in [0.15, 0.2) is 84.9 Å². The number of rotatable bonds is 3. The monoisotopic (exact) mass is 552 g/mol. The Hall–Kier alpha value is -3.20. The molecule has 2 nitrogen and oxygen atoms in total. The van der Waals surface area contributed by atoms with Crippen LogP contribution in [0.3, 0.4) is 0 Å². The van der Waals surface area contributed by atoms with Crippen LogP contribution in [-0.2, 0) is 18.4 Å². The molecule has 2 heteroatoms. The highest BCUT2D eigenvalue weighted by atomic mass is 15.4. The van der Waals surface area contributed by atoms with Crippen molar-refractivity contribution in [3.05, 3.63) is 118 Å². The van der Waals surface area contributed by atoms with Crippen LogP contribution < -0.4 is 10.9 Å². The molecule has 1 saturated heterocycles. The molecule has 1 heterocycles. The van der Waals surface area contributed by atoms with Crippen molar-refractivity contribution in [3.63, 3.8) is 0 Å². The summed E-state index contributed by atoms with van der Waals surface area (Å²) in [5, 5.41) is 0. The summed E-state index contributed by atoms with van der Waals surface area (Å²) in [6, 6.07) is 32.7. The molecule has 0 aromatic heterocycles. The highest BCUT2D eigenvalue weighted by Gasteiger charge is 2.43. The lowest BCUT2D eigenvalue weighted by molar-refractivity contribution is 0.111. The maximum absolute atomic E-state index is 4.24. The molecule has 4 aromatic rings. The van der Waals surface area contributed by atoms with E-state index in [4.69, 9.17) is 0 Å². The third-order valence-corrected chi connectivity index (χ3v) is 11.2. The molecule has 4 aromatic carbocycles. The quantitative estimate of drug-likeness (QED) is 0.228. The van der Waals surface area contributed by atoms with Crippen LogP contribution in [0, 0.1) is 5.92 Å². The molecule has 1 saturated carbocycles. The van der Waals surface area contributed by atoms with Gasteiger partial charge in [-0.15, -0.1) is 0 Å². The van der Waals surface area contributed by atoms with Crippen LogP contribution >= 0.6 is 0 Å². The van der Waals surface area contributed by atoms with E-state index in [1.165, 1.54) is 115 Å². The molecular weight excluding hydrogens is 508 g/mol. The standard InChI is InChI=1S/C40H44N2/c1-2-4-16-30(17-5-3-1)40(38-23-13-21-34-32-19-9-7-15-29(32)27-37(34)38)25-11-10-24-39(41-42-40)35-22-12-20-33-31-18-8-6-14-28(31)26-36(33)35/h6-9,12-15,18-23,30,39,41-42H,1-5,10-11,16-17,24-27H2. The molecule has 0 amide bonds. The molecule has 0 spiro atoms. The van der Waals surface area contributed by atoms with Crippen molar-refractivity contribution < 1.29 is 0 Å². The molecule has 2 N–H and O–H groups in total. The maximum atomic E-state index is 4.24. The molecule has 0 bridgehead atoms. The summed E-state index contributed by atoms with van der Waals surface area (Å²) in [6.45, 7) is 0. The second kappa shape index (κ2) is 11.1. The van der Waals surface area contributed by atoms with Crippen LogP contribution in [0.25, 0.3) is 22.3 Å². The summed E-state index contributed by atoms with van der Waals surface area (Å²) in [5.41, 5.74) is 23.2. The second-order valence-electron chi connectivity index (χ2n) is 13.5. The van der Waals surface area contributed by atoms with E-state index in [-0.39, 0.29) is 5.54 Å². The molecule has 0 radical (unpaired) electrons. The van der Waals surface area contributed by atoms with Crippen molar-refractivity contribution in [1.82, 2.24) is 10.9 Å². The van der Waals surface area contributed by atoms with Gasteiger partial charge in [-0.25, -0.2) is 10.9 Å². The molecule has 3 aliphatic carbocycles. The molecule has 8 rings (SSSR count). The van der Waals surface area contributed by atoms with E-state index in [2.05, 4.69) is 95.8 Å². The van der Waals surface area contributed by atoms with Crippen LogP contribution in [0.4, 0.5) is 0 Å². The number of nitrogens with one attached hydrogen (secondary N) is 2. The highest BCUT2D eigenvalue weighted by molar-refractivity contribution is 5.79. The number of hydrogen-bond donors (Lipinski definition) is 2. The Bertz CT molecular complexity index is 1590. The van der Waals surface area contributed by atoms with E-state index in [1.54, 1.807) is 11.1 Å².